The van der Waals surface area contributed by atoms with Gasteiger partial charge < -0.3 is 4.57 Å². The molecule has 0 aromatic carbocycles. The van der Waals surface area contributed by atoms with Crippen molar-refractivity contribution in [2.24, 2.45) is 0 Å². The smallest absolute Gasteiger partial charge is 0.108 e. The van der Waals surface area contributed by atoms with Gasteiger partial charge in [-0.05, 0) is 25.9 Å². The van der Waals surface area contributed by atoms with E-state index in [1.165, 1.54) is 25.9 Å². The molecular weight excluding hydrogens is 190 g/mol. The summed E-state index contributed by atoms with van der Waals surface area (Å²) < 4.78 is 2.80. The van der Waals surface area contributed by atoms with Gasteiger partial charge in [-0.15, -0.1) is 0 Å². The Bertz CT molecular complexity index is 103. The molecule has 13 heavy (non-hydrogen) atoms. The van der Waals surface area contributed by atoms with Gasteiger partial charge in [0.05, 0.1) is 0 Å². The molecule has 0 saturated heterocycles. The van der Waals surface area contributed by atoms with E-state index in [0.717, 1.165) is 0 Å². The Morgan fingerprint density at radius 1 is 1.15 bits per heavy atom. The Kier molecular flexibility index (Phi) is 9.24. The Morgan fingerprint density at radius 3 is 2.08 bits per heavy atom. The van der Waals surface area contributed by atoms with Crippen LogP contribution in [0.1, 0.15) is 26.7 Å². The largest absolute Gasteiger partial charge is 0.326 e. The van der Waals surface area contributed by atoms with E-state index >= 15 is 0 Å². The third-order valence-electron chi connectivity index (χ3n) is 2.62. The molecule has 0 aliphatic rings. The highest BCUT2D eigenvalue weighted by Crippen LogP contribution is 2.06. The molecule has 1 atom stereocenters. The summed E-state index contributed by atoms with van der Waals surface area (Å²) in [6, 6.07) is 3.15. The number of nitrogens with zero attached hydrogens (tertiary/aromatic N) is 1. The predicted octanol–water partition coefficient (Wildman–Crippen LogP) is 2.10. The quantitative estimate of drug-likeness (QED) is 0.563. The molecule has 0 aromatic heterocycles. The minimum Gasteiger partial charge on any atom is -0.326 e. The monoisotopic (exact) mass is 217 g/mol. The molecule has 0 bridgehead atoms. The first-order chi connectivity index (χ1) is 6.26. The normalized spacial score (nSPS) is 14.5. The Hall–Kier alpha value is 0.394. The van der Waals surface area contributed by atoms with Crippen molar-refractivity contribution < 1.29 is 0 Å². The maximum Gasteiger partial charge on any atom is 0.108 e. The van der Waals surface area contributed by atoms with E-state index in [4.69, 9.17) is 0 Å². The lowest BCUT2D eigenvalue weighted by molar-refractivity contribution is 0.430. The third kappa shape index (κ3) is 6.46. The third-order valence-corrected chi connectivity index (χ3v) is 7.56. The molecule has 3 heteroatoms. The molecule has 0 fully saturated rings. The summed E-state index contributed by atoms with van der Waals surface area (Å²) >= 11 is 0. The lowest BCUT2D eigenvalue weighted by Gasteiger charge is -2.27. The highest BCUT2D eigenvalue weighted by molar-refractivity contribution is 6.55. The maximum atomic E-state index is 2.80. The second kappa shape index (κ2) is 8.97. The fourth-order valence-electron chi connectivity index (χ4n) is 1.81. The van der Waals surface area contributed by atoms with E-state index in [2.05, 4.69) is 31.5 Å². The number of rotatable bonds is 8. The highest BCUT2D eigenvalue weighted by Gasteiger charge is 2.12. The Morgan fingerprint density at radius 2 is 1.69 bits per heavy atom. The van der Waals surface area contributed by atoms with E-state index in [0.29, 0.717) is 9.52 Å². The molecule has 0 rings (SSSR count). The topological polar surface area (TPSA) is 3.24 Å². The van der Waals surface area contributed by atoms with Gasteiger partial charge in [-0.25, -0.2) is 0 Å². The van der Waals surface area contributed by atoms with Gasteiger partial charge in [-0.3, -0.25) is 0 Å². The van der Waals surface area contributed by atoms with Gasteiger partial charge in [0, 0.05) is 9.52 Å². The van der Waals surface area contributed by atoms with Crippen molar-refractivity contribution in [2.45, 2.75) is 51.9 Å². The van der Waals surface area contributed by atoms with E-state index in [1.807, 2.05) is 0 Å². The molecule has 0 aliphatic carbocycles. The Balaban J connectivity index is 3.72. The molecule has 1 unspecified atom stereocenters. The summed E-state index contributed by atoms with van der Waals surface area (Å²) in [6.45, 7) is 12.3. The van der Waals surface area contributed by atoms with E-state index in [1.54, 1.807) is 12.1 Å². The second-order valence-electron chi connectivity index (χ2n) is 4.03. The van der Waals surface area contributed by atoms with Gasteiger partial charge in [-0.2, -0.15) is 0 Å². The van der Waals surface area contributed by atoms with Crippen molar-refractivity contribution >= 4 is 18.5 Å². The zero-order valence-corrected chi connectivity index (χ0v) is 12.5. The fourth-order valence-corrected chi connectivity index (χ4v) is 7.57. The van der Waals surface area contributed by atoms with Crippen LogP contribution in [0, 0.1) is 0 Å². The molecule has 0 N–H and O–H groups in total. The fraction of sp³-hybridized carbons (Fsp3) is 1.00. The molecule has 1 nitrogen and oxygen atoms in total. The van der Waals surface area contributed by atoms with Gasteiger partial charge >= 0.3 is 0 Å². The average molecular weight is 218 g/mol. The van der Waals surface area contributed by atoms with E-state index in [-0.39, 0.29) is 0 Å². The molecule has 0 heterocycles. The van der Waals surface area contributed by atoms with Crippen molar-refractivity contribution in [3.63, 3.8) is 0 Å². The lowest BCUT2D eigenvalue weighted by atomic mass is 10.4. The van der Waals surface area contributed by atoms with Crippen molar-refractivity contribution in [3.8, 4) is 0 Å². The summed E-state index contributed by atoms with van der Waals surface area (Å²) in [5.41, 5.74) is 0. The van der Waals surface area contributed by atoms with Crippen LogP contribution in [0.2, 0.25) is 25.2 Å². The predicted molar refractivity (Wildman–Crippen MR) is 69.2 cm³/mol. The Labute approximate surface area is 88.4 Å². The van der Waals surface area contributed by atoms with Crippen LogP contribution in [0.3, 0.4) is 0 Å². The van der Waals surface area contributed by atoms with Crippen molar-refractivity contribution in [1.29, 1.82) is 0 Å². The van der Waals surface area contributed by atoms with Crippen LogP contribution in [0.5, 0.6) is 0 Å². The summed E-state index contributed by atoms with van der Waals surface area (Å²) in [5, 5.41) is 0. The average Bonchev–Trinajstić information content (AvgIpc) is 2.14. The van der Waals surface area contributed by atoms with Crippen LogP contribution in [-0.2, 0) is 0 Å². The van der Waals surface area contributed by atoms with Gasteiger partial charge in [-0.1, -0.05) is 39.0 Å². The number of hydrogen-bond acceptors (Lipinski definition) is 1. The highest BCUT2D eigenvalue weighted by atomic mass is 28.3. The van der Waals surface area contributed by atoms with Crippen LogP contribution in [0.4, 0.5) is 0 Å². The number of hydrogen-bond donors (Lipinski definition) is 0. The van der Waals surface area contributed by atoms with Crippen LogP contribution >= 0.6 is 0 Å². The molecule has 80 valence electrons. The zero-order chi connectivity index (χ0) is 10.1. The first-order valence-electron chi connectivity index (χ1n) is 6.00. The summed E-state index contributed by atoms with van der Waals surface area (Å²) in [7, 11) is -0.183. The minimum atomic E-state index is -0.502. The summed E-state index contributed by atoms with van der Waals surface area (Å²) in [6.07, 6.45) is 2.67. The van der Waals surface area contributed by atoms with Crippen LogP contribution < -0.4 is 0 Å². The molecule has 0 radical (unpaired) electrons. The van der Waals surface area contributed by atoms with E-state index < -0.39 is 8.96 Å². The first-order valence-corrected chi connectivity index (χ1v) is 10.9. The standard InChI is InChI=1S/C10H27NSi2/c1-5-7-11(8-6-2)13(4)10-9-12-3/h13H,5-10,12H2,1-4H3. The molecule has 0 aliphatic heterocycles. The van der Waals surface area contributed by atoms with Crippen molar-refractivity contribution in [2.75, 3.05) is 13.1 Å². The van der Waals surface area contributed by atoms with Gasteiger partial charge in [0.25, 0.3) is 0 Å². The minimum absolute atomic E-state index is 0.319. The van der Waals surface area contributed by atoms with Gasteiger partial charge in [0.1, 0.15) is 8.96 Å². The molecular formula is C10H27NSi2. The summed E-state index contributed by atoms with van der Waals surface area (Å²) in [5.74, 6) is 0. The van der Waals surface area contributed by atoms with Crippen molar-refractivity contribution in [3.05, 3.63) is 0 Å². The summed E-state index contributed by atoms with van der Waals surface area (Å²) in [4.78, 5) is 0. The van der Waals surface area contributed by atoms with Gasteiger partial charge in [0.15, 0.2) is 0 Å². The SMILES string of the molecule is CCCN(CCC)[SiH](C)CC[SiH2]C. The van der Waals surface area contributed by atoms with Gasteiger partial charge in [0.2, 0.25) is 0 Å². The molecule has 0 spiro atoms. The molecule has 0 amide bonds. The molecule has 0 saturated carbocycles. The van der Waals surface area contributed by atoms with Crippen molar-refractivity contribution in [1.82, 2.24) is 4.57 Å². The first kappa shape index (κ1) is 13.4. The van der Waals surface area contributed by atoms with Crippen LogP contribution in [0.15, 0.2) is 0 Å². The van der Waals surface area contributed by atoms with Crippen LogP contribution in [-0.4, -0.2) is 36.1 Å². The second-order valence-corrected chi connectivity index (χ2v) is 8.74. The van der Waals surface area contributed by atoms with Crippen LogP contribution in [0.25, 0.3) is 0 Å². The zero-order valence-electron chi connectivity index (χ0n) is 9.97. The van der Waals surface area contributed by atoms with E-state index in [9.17, 15) is 0 Å². The lowest BCUT2D eigenvalue weighted by Crippen LogP contribution is -2.38. The maximum absolute atomic E-state index is 2.80. The molecule has 0 aromatic rings.